The first-order valence-corrected chi connectivity index (χ1v) is 9.02. The van der Waals surface area contributed by atoms with Crippen molar-refractivity contribution in [1.29, 1.82) is 0 Å². The van der Waals surface area contributed by atoms with Gasteiger partial charge in [0.05, 0.1) is 17.7 Å². The molecule has 1 atom stereocenters. The summed E-state index contributed by atoms with van der Waals surface area (Å²) in [6.45, 7) is -0.217. The number of carboxylic acid groups (broad SMARTS) is 2. The molecule has 12 nitrogen and oxygen atoms in total. The third-order valence-electron chi connectivity index (χ3n) is 3.83. The van der Waals surface area contributed by atoms with Crippen LogP contribution >= 0.6 is 0 Å². The van der Waals surface area contributed by atoms with Crippen molar-refractivity contribution < 1.29 is 38.9 Å². The van der Waals surface area contributed by atoms with Crippen LogP contribution < -0.4 is 21.5 Å². The molecule has 0 saturated carbocycles. The van der Waals surface area contributed by atoms with Crippen LogP contribution in [0.15, 0.2) is 53.5 Å². The zero-order valence-corrected chi connectivity index (χ0v) is 16.6. The van der Waals surface area contributed by atoms with Crippen molar-refractivity contribution in [1.82, 2.24) is 5.32 Å². The molecule has 2 aromatic rings. The first-order valence-electron chi connectivity index (χ1n) is 9.02. The number of hydrogen-bond acceptors (Lipinski definition) is 7. The summed E-state index contributed by atoms with van der Waals surface area (Å²) >= 11 is 0. The summed E-state index contributed by atoms with van der Waals surface area (Å²) in [6, 6.07) is 10.5. The van der Waals surface area contributed by atoms with Gasteiger partial charge in [-0.2, -0.15) is 0 Å². The summed E-state index contributed by atoms with van der Waals surface area (Å²) in [5.41, 5.74) is 11.8. The zero-order valence-electron chi connectivity index (χ0n) is 16.6. The predicted octanol–water partition coefficient (Wildman–Crippen LogP) is 0.965. The standard InChI is InChI=1S/C20H20N4O8/c21-19(22)23-13-5-3-12(4-6-13)18(29)32-14-7-1-11(2-8-14)10-31-20(30)24-15(17(27)28)9-16(25)26/h1-8,15H,9-10H2,(H,24,30)(H,25,26)(H,27,28)(H4,21,22,23). The van der Waals surface area contributed by atoms with Crippen molar-refractivity contribution in [2.75, 3.05) is 0 Å². The molecule has 1 amide bonds. The van der Waals surface area contributed by atoms with E-state index >= 15 is 0 Å². The van der Waals surface area contributed by atoms with Crippen LogP contribution in [0.2, 0.25) is 0 Å². The Morgan fingerprint density at radius 2 is 1.59 bits per heavy atom. The van der Waals surface area contributed by atoms with E-state index in [1.807, 2.05) is 5.32 Å². The summed E-state index contributed by atoms with van der Waals surface area (Å²) in [7, 11) is 0. The molecular weight excluding hydrogens is 424 g/mol. The number of rotatable bonds is 9. The van der Waals surface area contributed by atoms with Crippen molar-refractivity contribution >= 4 is 35.6 Å². The highest BCUT2D eigenvalue weighted by molar-refractivity contribution is 5.91. The molecule has 168 valence electrons. The smallest absolute Gasteiger partial charge is 0.408 e. The first kappa shape index (κ1) is 23.7. The molecule has 7 N–H and O–H groups in total. The number of nitrogens with two attached hydrogens (primary N) is 2. The van der Waals surface area contributed by atoms with E-state index < -0.39 is 36.5 Å². The zero-order chi connectivity index (χ0) is 23.7. The lowest BCUT2D eigenvalue weighted by atomic mass is 10.2. The van der Waals surface area contributed by atoms with Crippen molar-refractivity contribution in [3.63, 3.8) is 0 Å². The quantitative estimate of drug-likeness (QED) is 0.160. The van der Waals surface area contributed by atoms with Crippen LogP contribution in [0.1, 0.15) is 22.3 Å². The highest BCUT2D eigenvalue weighted by Crippen LogP contribution is 2.17. The molecule has 2 aromatic carbocycles. The molecule has 0 aliphatic carbocycles. The van der Waals surface area contributed by atoms with Crippen LogP contribution in [0.5, 0.6) is 5.75 Å². The number of hydrogen-bond donors (Lipinski definition) is 5. The van der Waals surface area contributed by atoms with Crippen molar-refractivity contribution in [3.8, 4) is 5.75 Å². The molecule has 0 aromatic heterocycles. The molecule has 0 aliphatic heterocycles. The van der Waals surface area contributed by atoms with E-state index in [2.05, 4.69) is 4.99 Å². The minimum Gasteiger partial charge on any atom is -0.481 e. The van der Waals surface area contributed by atoms with Crippen LogP contribution in [0.25, 0.3) is 0 Å². The van der Waals surface area contributed by atoms with E-state index in [0.29, 0.717) is 11.3 Å². The average molecular weight is 444 g/mol. The second-order valence-electron chi connectivity index (χ2n) is 6.33. The number of alkyl carbamates (subject to hydrolysis) is 1. The molecule has 0 heterocycles. The number of benzene rings is 2. The molecule has 1 unspecified atom stereocenters. The number of amides is 1. The number of nitrogens with one attached hydrogen (secondary N) is 1. The number of carbonyl (C=O) groups excluding carboxylic acids is 2. The maximum Gasteiger partial charge on any atom is 0.408 e. The summed E-state index contributed by atoms with van der Waals surface area (Å²) in [6.07, 6.45) is -1.88. The second kappa shape index (κ2) is 11.0. The van der Waals surface area contributed by atoms with E-state index in [1.54, 1.807) is 12.1 Å². The number of aliphatic imine (C=N–C) groups is 1. The van der Waals surface area contributed by atoms with Gasteiger partial charge < -0.3 is 36.5 Å². The third-order valence-corrected chi connectivity index (χ3v) is 3.83. The van der Waals surface area contributed by atoms with Crippen LogP contribution in [0, 0.1) is 0 Å². The minimum absolute atomic E-state index is 0.108. The fourth-order valence-electron chi connectivity index (χ4n) is 2.35. The highest BCUT2D eigenvalue weighted by atomic mass is 16.5. The van der Waals surface area contributed by atoms with Gasteiger partial charge in [-0.15, -0.1) is 0 Å². The van der Waals surface area contributed by atoms with Crippen LogP contribution in [0.3, 0.4) is 0 Å². The van der Waals surface area contributed by atoms with Gasteiger partial charge in [0, 0.05) is 0 Å². The van der Waals surface area contributed by atoms with Gasteiger partial charge in [-0.05, 0) is 42.0 Å². The average Bonchev–Trinajstić information content (AvgIpc) is 2.72. The Balaban J connectivity index is 1.88. The molecule has 0 radical (unpaired) electrons. The summed E-state index contributed by atoms with van der Waals surface area (Å²) in [5.74, 6) is -3.36. The van der Waals surface area contributed by atoms with Crippen molar-refractivity contribution in [2.45, 2.75) is 19.1 Å². The second-order valence-corrected chi connectivity index (χ2v) is 6.33. The van der Waals surface area contributed by atoms with Gasteiger partial charge in [0.1, 0.15) is 18.4 Å². The molecule has 32 heavy (non-hydrogen) atoms. The van der Waals surface area contributed by atoms with Gasteiger partial charge in [0.15, 0.2) is 5.96 Å². The Bertz CT molecular complexity index is 1010. The van der Waals surface area contributed by atoms with Gasteiger partial charge in [-0.3, -0.25) is 4.79 Å². The van der Waals surface area contributed by atoms with Gasteiger partial charge in [-0.1, -0.05) is 12.1 Å². The molecule has 0 aliphatic rings. The molecule has 0 fully saturated rings. The Kier molecular flexibility index (Phi) is 8.11. The normalized spacial score (nSPS) is 11.0. The molecule has 0 spiro atoms. The Morgan fingerprint density at radius 3 is 2.12 bits per heavy atom. The van der Waals surface area contributed by atoms with E-state index in [0.717, 1.165) is 0 Å². The number of guanidine groups is 1. The van der Waals surface area contributed by atoms with E-state index in [-0.39, 0.29) is 23.9 Å². The van der Waals surface area contributed by atoms with Gasteiger partial charge >= 0.3 is 24.0 Å². The van der Waals surface area contributed by atoms with Gasteiger partial charge in [-0.25, -0.2) is 19.4 Å². The lowest BCUT2D eigenvalue weighted by molar-refractivity contribution is -0.145. The van der Waals surface area contributed by atoms with Crippen LogP contribution in [-0.2, 0) is 20.9 Å². The monoisotopic (exact) mass is 444 g/mol. The molecule has 12 heteroatoms. The first-order chi connectivity index (χ1) is 15.1. The van der Waals surface area contributed by atoms with Crippen LogP contribution in [-0.4, -0.2) is 46.2 Å². The number of aliphatic carboxylic acids is 2. The largest absolute Gasteiger partial charge is 0.481 e. The Labute approximate surface area is 181 Å². The highest BCUT2D eigenvalue weighted by Gasteiger charge is 2.23. The number of esters is 1. The summed E-state index contributed by atoms with van der Waals surface area (Å²) < 4.78 is 10.1. The summed E-state index contributed by atoms with van der Waals surface area (Å²) in [4.78, 5) is 49.3. The third kappa shape index (κ3) is 7.67. The van der Waals surface area contributed by atoms with Crippen LogP contribution in [0.4, 0.5) is 10.5 Å². The lowest BCUT2D eigenvalue weighted by Crippen LogP contribution is -2.42. The maximum absolute atomic E-state index is 12.2. The molecular formula is C20H20N4O8. The molecule has 0 bridgehead atoms. The topological polar surface area (TPSA) is 204 Å². The fraction of sp³-hybridized carbons (Fsp3) is 0.150. The lowest BCUT2D eigenvalue weighted by Gasteiger charge is -2.12. The Morgan fingerprint density at radius 1 is 0.969 bits per heavy atom. The van der Waals surface area contributed by atoms with E-state index in [9.17, 15) is 19.2 Å². The molecule has 0 saturated heterocycles. The summed E-state index contributed by atoms with van der Waals surface area (Å²) in [5, 5.41) is 19.5. The van der Waals surface area contributed by atoms with E-state index in [1.165, 1.54) is 36.4 Å². The fourth-order valence-corrected chi connectivity index (χ4v) is 2.35. The van der Waals surface area contributed by atoms with E-state index in [4.69, 9.17) is 31.2 Å². The number of ether oxygens (including phenoxy) is 2. The predicted molar refractivity (Wildman–Crippen MR) is 110 cm³/mol. The Hall–Kier alpha value is -4.61. The van der Waals surface area contributed by atoms with Gasteiger partial charge in [0.25, 0.3) is 0 Å². The van der Waals surface area contributed by atoms with Gasteiger partial charge in [0.2, 0.25) is 0 Å². The van der Waals surface area contributed by atoms with Crippen molar-refractivity contribution in [2.24, 2.45) is 16.5 Å². The molecule has 2 rings (SSSR count). The van der Waals surface area contributed by atoms with Crippen molar-refractivity contribution in [3.05, 3.63) is 59.7 Å². The number of nitrogens with zero attached hydrogens (tertiary/aromatic N) is 1. The maximum atomic E-state index is 12.2. The number of carboxylic acids is 2. The number of carbonyl (C=O) groups is 4. The minimum atomic E-state index is -1.62. The SMILES string of the molecule is NC(N)=Nc1ccc(C(=O)Oc2ccc(COC(=O)NC(CC(=O)O)C(=O)O)cc2)cc1.